The molecular weight excluding hydrogens is 372 g/mol. The second-order valence-corrected chi connectivity index (χ2v) is 6.92. The van der Waals surface area contributed by atoms with Gasteiger partial charge < -0.3 is 10.1 Å². The highest BCUT2D eigenvalue weighted by Gasteiger charge is 2.14. The third kappa shape index (κ3) is 6.41. The van der Waals surface area contributed by atoms with Gasteiger partial charge in [0.25, 0.3) is 5.69 Å². The van der Waals surface area contributed by atoms with E-state index in [0.29, 0.717) is 17.9 Å². The second kappa shape index (κ2) is 10.4. The number of carbonyl (C=O) groups is 2. The molecule has 0 saturated heterocycles. The Labute approximate surface area is 170 Å². The smallest absolute Gasteiger partial charge is 0.269 e. The van der Waals surface area contributed by atoms with E-state index in [-0.39, 0.29) is 36.8 Å². The lowest BCUT2D eigenvalue weighted by Gasteiger charge is -2.14. The van der Waals surface area contributed by atoms with E-state index in [4.69, 9.17) is 4.74 Å². The number of rotatable bonds is 10. The van der Waals surface area contributed by atoms with Crippen molar-refractivity contribution in [2.24, 2.45) is 0 Å². The molecule has 0 aliphatic rings. The fourth-order valence-corrected chi connectivity index (χ4v) is 2.93. The molecule has 29 heavy (non-hydrogen) atoms. The van der Waals surface area contributed by atoms with Crippen LogP contribution >= 0.6 is 0 Å². The number of ether oxygens (including phenoxy) is 1. The van der Waals surface area contributed by atoms with Crippen molar-refractivity contribution in [2.45, 2.75) is 46.6 Å². The van der Waals surface area contributed by atoms with Crippen LogP contribution in [0.4, 0.5) is 5.69 Å². The molecule has 0 heterocycles. The van der Waals surface area contributed by atoms with Gasteiger partial charge in [0.2, 0.25) is 5.91 Å². The Hall–Kier alpha value is -3.22. The molecule has 0 aromatic heterocycles. The van der Waals surface area contributed by atoms with E-state index < -0.39 is 4.92 Å². The van der Waals surface area contributed by atoms with Crippen LogP contribution in [0.15, 0.2) is 36.4 Å². The fraction of sp³-hybridized carbons (Fsp3) is 0.364. The van der Waals surface area contributed by atoms with Gasteiger partial charge in [0.05, 0.1) is 4.92 Å². The van der Waals surface area contributed by atoms with E-state index in [1.165, 1.54) is 12.1 Å². The molecule has 1 N–H and O–H groups in total. The largest absolute Gasteiger partial charge is 0.488 e. The quantitative estimate of drug-likeness (QED) is 0.366. The summed E-state index contributed by atoms with van der Waals surface area (Å²) in [6.07, 6.45) is 1.20. The number of nitrogens with one attached hydrogen (secondary N) is 1. The Kier molecular flexibility index (Phi) is 7.88. The molecule has 2 aromatic rings. The first-order valence-corrected chi connectivity index (χ1v) is 9.59. The Balaban J connectivity index is 2.00. The summed E-state index contributed by atoms with van der Waals surface area (Å²) in [6.45, 7) is 6.59. The summed E-state index contributed by atoms with van der Waals surface area (Å²) >= 11 is 0. The molecule has 2 rings (SSSR count). The van der Waals surface area contributed by atoms with Gasteiger partial charge in [-0.25, -0.2) is 0 Å². The molecule has 1 amide bonds. The monoisotopic (exact) mass is 398 g/mol. The van der Waals surface area contributed by atoms with E-state index in [0.717, 1.165) is 23.1 Å². The summed E-state index contributed by atoms with van der Waals surface area (Å²) in [7, 11) is 0. The van der Waals surface area contributed by atoms with Gasteiger partial charge >= 0.3 is 0 Å². The van der Waals surface area contributed by atoms with Crippen molar-refractivity contribution < 1.29 is 19.2 Å². The lowest BCUT2D eigenvalue weighted by Crippen LogP contribution is -2.24. The predicted molar refractivity (Wildman–Crippen MR) is 110 cm³/mol. The standard InChI is InChI=1S/C22H26N2O5/c1-4-11-23-21(26)10-9-20(25)18-12-15(2)22(16(3)13-18)29-14-17-5-7-19(8-6-17)24(27)28/h5-8,12-13H,4,9-11,14H2,1-3H3,(H,23,26). The highest BCUT2D eigenvalue weighted by molar-refractivity contribution is 5.98. The number of Topliss-reactive ketones (excluding diaryl/α,β-unsaturated/α-hetero) is 1. The number of carbonyl (C=O) groups excluding carboxylic acids is 2. The molecular formula is C22H26N2O5. The highest BCUT2D eigenvalue weighted by Crippen LogP contribution is 2.27. The Morgan fingerprint density at radius 1 is 1.07 bits per heavy atom. The Morgan fingerprint density at radius 2 is 1.69 bits per heavy atom. The van der Waals surface area contributed by atoms with Crippen LogP contribution in [-0.2, 0) is 11.4 Å². The zero-order chi connectivity index (χ0) is 21.4. The van der Waals surface area contributed by atoms with Crippen molar-refractivity contribution in [1.82, 2.24) is 5.32 Å². The first-order chi connectivity index (χ1) is 13.8. The van der Waals surface area contributed by atoms with E-state index in [2.05, 4.69) is 5.32 Å². The van der Waals surface area contributed by atoms with E-state index >= 15 is 0 Å². The molecule has 7 heteroatoms. The van der Waals surface area contributed by atoms with Crippen LogP contribution in [0.25, 0.3) is 0 Å². The fourth-order valence-electron chi connectivity index (χ4n) is 2.93. The maximum Gasteiger partial charge on any atom is 0.269 e. The molecule has 0 fully saturated rings. The van der Waals surface area contributed by atoms with Crippen molar-refractivity contribution in [3.05, 3.63) is 68.8 Å². The first kappa shape index (κ1) is 22.1. The maximum atomic E-state index is 12.4. The number of hydrogen-bond acceptors (Lipinski definition) is 5. The zero-order valence-electron chi connectivity index (χ0n) is 17.0. The average molecular weight is 398 g/mol. The molecule has 0 spiro atoms. The predicted octanol–water partition coefficient (Wildman–Crippen LogP) is 4.28. The van der Waals surface area contributed by atoms with Gasteiger partial charge in [-0.15, -0.1) is 0 Å². The highest BCUT2D eigenvalue weighted by atomic mass is 16.6. The van der Waals surface area contributed by atoms with Gasteiger partial charge in [-0.2, -0.15) is 0 Å². The molecule has 0 radical (unpaired) electrons. The maximum absolute atomic E-state index is 12.4. The third-order valence-corrected chi connectivity index (χ3v) is 4.46. The molecule has 0 aliphatic heterocycles. The van der Waals surface area contributed by atoms with Crippen molar-refractivity contribution in [1.29, 1.82) is 0 Å². The summed E-state index contributed by atoms with van der Waals surface area (Å²) in [4.78, 5) is 34.4. The minimum absolute atomic E-state index is 0.0346. The lowest BCUT2D eigenvalue weighted by molar-refractivity contribution is -0.384. The van der Waals surface area contributed by atoms with E-state index in [9.17, 15) is 19.7 Å². The van der Waals surface area contributed by atoms with E-state index in [1.807, 2.05) is 20.8 Å². The van der Waals surface area contributed by atoms with Gasteiger partial charge in [0, 0.05) is 37.1 Å². The van der Waals surface area contributed by atoms with Crippen LogP contribution in [0.2, 0.25) is 0 Å². The van der Waals surface area contributed by atoms with Crippen molar-refractivity contribution in [3.8, 4) is 5.75 Å². The van der Waals surface area contributed by atoms with Crippen LogP contribution in [0.5, 0.6) is 5.75 Å². The van der Waals surface area contributed by atoms with Crippen molar-refractivity contribution in [2.75, 3.05) is 6.54 Å². The molecule has 0 saturated carbocycles. The van der Waals surface area contributed by atoms with Gasteiger partial charge in [0.15, 0.2) is 5.78 Å². The van der Waals surface area contributed by atoms with Crippen LogP contribution in [-0.4, -0.2) is 23.2 Å². The minimum Gasteiger partial charge on any atom is -0.488 e. The summed E-state index contributed by atoms with van der Waals surface area (Å²) in [5, 5.41) is 13.5. The second-order valence-electron chi connectivity index (χ2n) is 6.92. The van der Waals surface area contributed by atoms with Crippen LogP contribution in [0.1, 0.15) is 53.2 Å². The average Bonchev–Trinajstić information content (AvgIpc) is 2.69. The zero-order valence-corrected chi connectivity index (χ0v) is 17.0. The molecule has 7 nitrogen and oxygen atoms in total. The summed E-state index contributed by atoms with van der Waals surface area (Å²) in [6, 6.07) is 9.73. The van der Waals surface area contributed by atoms with Crippen LogP contribution in [0, 0.1) is 24.0 Å². The number of non-ortho nitro benzene ring substituents is 1. The molecule has 0 unspecified atom stereocenters. The van der Waals surface area contributed by atoms with Crippen molar-refractivity contribution in [3.63, 3.8) is 0 Å². The Bertz CT molecular complexity index is 868. The third-order valence-electron chi connectivity index (χ3n) is 4.46. The number of nitro groups is 1. The van der Waals surface area contributed by atoms with Crippen LogP contribution in [0.3, 0.4) is 0 Å². The number of nitro benzene ring substituents is 1. The van der Waals surface area contributed by atoms with E-state index in [1.54, 1.807) is 24.3 Å². The number of aryl methyl sites for hydroxylation is 2. The number of nitrogens with zero attached hydrogens (tertiary/aromatic N) is 1. The lowest BCUT2D eigenvalue weighted by atomic mass is 10.00. The SMILES string of the molecule is CCCNC(=O)CCC(=O)c1cc(C)c(OCc2ccc([N+](=O)[O-])cc2)c(C)c1. The number of hydrogen-bond donors (Lipinski definition) is 1. The van der Waals surface area contributed by atoms with Gasteiger partial charge in [-0.05, 0) is 61.2 Å². The number of benzene rings is 2. The summed E-state index contributed by atoms with van der Waals surface area (Å²) in [5.74, 6) is 0.488. The molecule has 0 aliphatic carbocycles. The first-order valence-electron chi connectivity index (χ1n) is 9.59. The normalized spacial score (nSPS) is 10.4. The molecule has 0 atom stereocenters. The Morgan fingerprint density at radius 3 is 2.24 bits per heavy atom. The molecule has 154 valence electrons. The summed E-state index contributed by atoms with van der Waals surface area (Å²) in [5.41, 5.74) is 3.06. The summed E-state index contributed by atoms with van der Waals surface area (Å²) < 4.78 is 5.89. The number of ketones is 1. The minimum atomic E-state index is -0.442. The van der Waals surface area contributed by atoms with Crippen molar-refractivity contribution >= 4 is 17.4 Å². The molecule has 0 bridgehead atoms. The molecule has 2 aromatic carbocycles. The van der Waals surface area contributed by atoms with Gasteiger partial charge in [0.1, 0.15) is 12.4 Å². The van der Waals surface area contributed by atoms with Gasteiger partial charge in [-0.3, -0.25) is 19.7 Å². The van der Waals surface area contributed by atoms with Crippen LogP contribution < -0.4 is 10.1 Å². The topological polar surface area (TPSA) is 98.5 Å². The van der Waals surface area contributed by atoms with Gasteiger partial charge in [-0.1, -0.05) is 6.92 Å². The number of amides is 1.